The number of hydrogen-bond acceptors (Lipinski definition) is 6. The summed E-state index contributed by atoms with van der Waals surface area (Å²) in [5, 5.41) is 10.8. The number of esters is 2. The van der Waals surface area contributed by atoms with Crippen molar-refractivity contribution in [2.24, 2.45) is 5.92 Å². The average molecular weight is 342 g/mol. The van der Waals surface area contributed by atoms with E-state index in [-0.39, 0.29) is 5.57 Å². The first-order valence-corrected chi connectivity index (χ1v) is 8.12. The molecule has 25 heavy (non-hydrogen) atoms. The highest BCUT2D eigenvalue weighted by molar-refractivity contribution is 5.92. The standard InChI is InChI=1S/C19H18O6/c1-8-4-5-9(2)14-13(8)16(20)15-11(19(22)25-17(14)15)7-23-12-6-10(3)18(21)24-12/h4-7,12,15-17,20H,1-3H3/b11-7+/t12-,15+,16-,17-/m1/s1. The van der Waals surface area contributed by atoms with Gasteiger partial charge in [0.25, 0.3) is 6.29 Å². The number of aryl methyl sites for hydroxylation is 2. The van der Waals surface area contributed by atoms with E-state index in [2.05, 4.69) is 0 Å². The molecule has 1 fully saturated rings. The number of benzene rings is 1. The van der Waals surface area contributed by atoms with Crippen LogP contribution in [0.1, 0.15) is 41.4 Å². The van der Waals surface area contributed by atoms with Crippen LogP contribution in [0.2, 0.25) is 0 Å². The Hall–Kier alpha value is -2.60. The number of cyclic esters (lactones) is 1. The van der Waals surface area contributed by atoms with Gasteiger partial charge in [-0.2, -0.15) is 0 Å². The Balaban J connectivity index is 1.66. The zero-order valence-electron chi connectivity index (χ0n) is 14.1. The van der Waals surface area contributed by atoms with Crippen molar-refractivity contribution in [1.29, 1.82) is 0 Å². The Bertz CT molecular complexity index is 850. The zero-order valence-corrected chi connectivity index (χ0v) is 14.1. The number of carbonyl (C=O) groups excluding carboxylic acids is 2. The van der Waals surface area contributed by atoms with E-state index in [1.807, 2.05) is 26.0 Å². The summed E-state index contributed by atoms with van der Waals surface area (Å²) in [5.41, 5.74) is 4.33. The first kappa shape index (κ1) is 15.9. The number of carbonyl (C=O) groups is 2. The largest absolute Gasteiger partial charge is 0.458 e. The third-order valence-electron chi connectivity index (χ3n) is 5.06. The Morgan fingerprint density at radius 2 is 1.72 bits per heavy atom. The quantitative estimate of drug-likeness (QED) is 0.504. The van der Waals surface area contributed by atoms with Gasteiger partial charge in [-0.25, -0.2) is 9.59 Å². The molecule has 2 heterocycles. The Kier molecular flexibility index (Phi) is 3.47. The van der Waals surface area contributed by atoms with Gasteiger partial charge >= 0.3 is 11.9 Å². The van der Waals surface area contributed by atoms with E-state index >= 15 is 0 Å². The first-order chi connectivity index (χ1) is 11.9. The molecule has 4 rings (SSSR count). The molecule has 0 unspecified atom stereocenters. The topological polar surface area (TPSA) is 82.1 Å². The van der Waals surface area contributed by atoms with Gasteiger partial charge in [0, 0.05) is 17.2 Å². The van der Waals surface area contributed by atoms with E-state index in [0.29, 0.717) is 5.57 Å². The van der Waals surface area contributed by atoms with Gasteiger partial charge in [-0.1, -0.05) is 12.1 Å². The molecule has 6 heteroatoms. The highest BCUT2D eigenvalue weighted by atomic mass is 16.7. The molecule has 1 aliphatic carbocycles. The van der Waals surface area contributed by atoms with E-state index in [1.165, 1.54) is 12.3 Å². The third kappa shape index (κ3) is 2.28. The molecule has 1 N–H and O–H groups in total. The van der Waals surface area contributed by atoms with Crippen LogP contribution in [-0.4, -0.2) is 23.3 Å². The fraction of sp³-hybridized carbons (Fsp3) is 0.368. The van der Waals surface area contributed by atoms with E-state index in [9.17, 15) is 14.7 Å². The van der Waals surface area contributed by atoms with Crippen molar-refractivity contribution in [3.05, 3.63) is 57.9 Å². The second-order valence-corrected chi connectivity index (χ2v) is 6.66. The van der Waals surface area contributed by atoms with Gasteiger partial charge in [0.05, 0.1) is 23.9 Å². The predicted molar refractivity (Wildman–Crippen MR) is 86.0 cm³/mol. The molecule has 0 amide bonds. The third-order valence-corrected chi connectivity index (χ3v) is 5.06. The first-order valence-electron chi connectivity index (χ1n) is 8.12. The monoisotopic (exact) mass is 342 g/mol. The minimum atomic E-state index is -0.865. The lowest BCUT2D eigenvalue weighted by molar-refractivity contribution is -0.152. The number of fused-ring (bicyclic) bond motifs is 3. The molecule has 4 atom stereocenters. The van der Waals surface area contributed by atoms with Crippen molar-refractivity contribution in [3.8, 4) is 0 Å². The molecule has 0 aromatic heterocycles. The van der Waals surface area contributed by atoms with E-state index in [4.69, 9.17) is 14.2 Å². The molecular formula is C19H18O6. The SMILES string of the molecule is CC1=C[C@H](O/C=C2/C(=O)O[C@@H]3c4c(C)ccc(C)c4[C@@H](O)[C@H]23)OC1=O. The van der Waals surface area contributed by atoms with Gasteiger partial charge in [0.2, 0.25) is 0 Å². The van der Waals surface area contributed by atoms with Crippen LogP contribution in [0.15, 0.2) is 35.6 Å². The van der Waals surface area contributed by atoms with Crippen molar-refractivity contribution in [3.63, 3.8) is 0 Å². The summed E-state index contributed by atoms with van der Waals surface area (Å²) in [5.74, 6) is -1.50. The zero-order chi connectivity index (χ0) is 17.9. The molecule has 3 aliphatic rings. The predicted octanol–water partition coefficient (Wildman–Crippen LogP) is 2.29. The molecule has 6 nitrogen and oxygen atoms in total. The molecule has 0 bridgehead atoms. The number of aliphatic hydroxyl groups excluding tert-OH is 1. The van der Waals surface area contributed by atoms with Crippen LogP contribution < -0.4 is 0 Å². The summed E-state index contributed by atoms with van der Waals surface area (Å²) in [6.45, 7) is 5.49. The molecule has 130 valence electrons. The number of ether oxygens (including phenoxy) is 3. The summed E-state index contributed by atoms with van der Waals surface area (Å²) < 4.78 is 15.9. The molecule has 0 saturated carbocycles. The Morgan fingerprint density at radius 3 is 2.36 bits per heavy atom. The molecular weight excluding hydrogens is 324 g/mol. The minimum Gasteiger partial charge on any atom is -0.458 e. The number of rotatable bonds is 2. The van der Waals surface area contributed by atoms with Gasteiger partial charge in [-0.3, -0.25) is 0 Å². The van der Waals surface area contributed by atoms with Crippen molar-refractivity contribution >= 4 is 11.9 Å². The minimum absolute atomic E-state index is 0.251. The summed E-state index contributed by atoms with van der Waals surface area (Å²) in [7, 11) is 0. The lowest BCUT2D eigenvalue weighted by Gasteiger charge is -2.14. The number of aliphatic hydroxyl groups is 1. The maximum Gasteiger partial charge on any atom is 0.338 e. The molecule has 1 saturated heterocycles. The smallest absolute Gasteiger partial charge is 0.338 e. The summed E-state index contributed by atoms with van der Waals surface area (Å²) in [4.78, 5) is 23.6. The highest BCUT2D eigenvalue weighted by Gasteiger charge is 2.53. The van der Waals surface area contributed by atoms with Crippen molar-refractivity contribution in [2.45, 2.75) is 39.3 Å². The van der Waals surface area contributed by atoms with E-state index < -0.39 is 36.4 Å². The molecule has 2 aliphatic heterocycles. The Labute approximate surface area is 144 Å². The molecule has 1 aromatic rings. The van der Waals surface area contributed by atoms with Crippen LogP contribution in [0.25, 0.3) is 0 Å². The van der Waals surface area contributed by atoms with Crippen molar-refractivity contribution in [2.75, 3.05) is 0 Å². The maximum atomic E-state index is 12.3. The van der Waals surface area contributed by atoms with Gasteiger partial charge in [0.1, 0.15) is 6.10 Å². The van der Waals surface area contributed by atoms with Gasteiger partial charge in [-0.15, -0.1) is 0 Å². The molecule has 1 aromatic carbocycles. The van der Waals surface area contributed by atoms with Crippen LogP contribution in [-0.2, 0) is 23.8 Å². The van der Waals surface area contributed by atoms with Gasteiger partial charge < -0.3 is 19.3 Å². The summed E-state index contributed by atoms with van der Waals surface area (Å²) in [6.07, 6.45) is 0.557. The van der Waals surface area contributed by atoms with Crippen molar-refractivity contribution < 1.29 is 28.9 Å². The lowest BCUT2D eigenvalue weighted by atomic mass is 9.95. The number of hydrogen-bond donors (Lipinski definition) is 1. The average Bonchev–Trinajstić information content (AvgIpc) is 3.15. The maximum absolute atomic E-state index is 12.3. The van der Waals surface area contributed by atoms with Crippen LogP contribution in [0.3, 0.4) is 0 Å². The summed E-state index contributed by atoms with van der Waals surface area (Å²) >= 11 is 0. The Morgan fingerprint density at radius 1 is 1.04 bits per heavy atom. The van der Waals surface area contributed by atoms with Crippen molar-refractivity contribution in [1.82, 2.24) is 0 Å². The second-order valence-electron chi connectivity index (χ2n) is 6.66. The van der Waals surface area contributed by atoms with Crippen LogP contribution in [0, 0.1) is 19.8 Å². The van der Waals surface area contributed by atoms with E-state index in [0.717, 1.165) is 22.3 Å². The van der Waals surface area contributed by atoms with Gasteiger partial charge in [0.15, 0.2) is 0 Å². The second kappa shape index (κ2) is 5.46. The highest BCUT2D eigenvalue weighted by Crippen LogP contribution is 2.55. The fourth-order valence-electron chi connectivity index (χ4n) is 3.77. The van der Waals surface area contributed by atoms with Crippen LogP contribution >= 0.6 is 0 Å². The van der Waals surface area contributed by atoms with E-state index in [1.54, 1.807) is 6.92 Å². The lowest BCUT2D eigenvalue weighted by Crippen LogP contribution is -2.14. The normalized spacial score (nSPS) is 31.5. The molecule has 0 radical (unpaired) electrons. The van der Waals surface area contributed by atoms with Gasteiger partial charge in [-0.05, 0) is 37.5 Å². The van der Waals surface area contributed by atoms with Crippen LogP contribution in [0.5, 0.6) is 0 Å². The summed E-state index contributed by atoms with van der Waals surface area (Å²) in [6, 6.07) is 3.91. The fourth-order valence-corrected chi connectivity index (χ4v) is 3.77. The molecule has 0 spiro atoms. The van der Waals surface area contributed by atoms with Crippen LogP contribution in [0.4, 0.5) is 0 Å².